The van der Waals surface area contributed by atoms with Crippen molar-refractivity contribution in [1.29, 1.82) is 0 Å². The van der Waals surface area contributed by atoms with Gasteiger partial charge in [-0.25, -0.2) is 0 Å². The first-order valence-corrected chi connectivity index (χ1v) is 10.8. The van der Waals surface area contributed by atoms with Gasteiger partial charge in [-0.3, -0.25) is 9.59 Å². The summed E-state index contributed by atoms with van der Waals surface area (Å²) in [7, 11) is 0. The van der Waals surface area contributed by atoms with Crippen LogP contribution in [0.4, 0.5) is 5.69 Å². The molecule has 0 aliphatic carbocycles. The molecule has 5 nitrogen and oxygen atoms in total. The molecule has 1 heterocycles. The van der Waals surface area contributed by atoms with Crippen molar-refractivity contribution in [1.82, 2.24) is 4.90 Å². The Labute approximate surface area is 183 Å². The monoisotopic (exact) mass is 414 g/mol. The first-order chi connectivity index (χ1) is 15.1. The molecule has 3 aromatic rings. The van der Waals surface area contributed by atoms with E-state index in [9.17, 15) is 9.59 Å². The Hall–Kier alpha value is -3.44. The second-order valence-electron chi connectivity index (χ2n) is 7.94. The van der Waals surface area contributed by atoms with Gasteiger partial charge in [0, 0.05) is 16.8 Å². The minimum atomic E-state index is -0.196. The van der Waals surface area contributed by atoms with E-state index in [4.69, 9.17) is 0 Å². The van der Waals surface area contributed by atoms with E-state index in [1.165, 1.54) is 4.90 Å². The van der Waals surface area contributed by atoms with Crippen LogP contribution in [0.25, 0.3) is 11.1 Å². The van der Waals surface area contributed by atoms with Gasteiger partial charge in [-0.05, 0) is 30.7 Å². The molecule has 0 radical (unpaired) electrons. The molecule has 158 valence electrons. The fraction of sp³-hybridized carbons (Fsp3) is 0.231. The molecule has 5 heteroatoms. The van der Waals surface area contributed by atoms with Gasteiger partial charge < -0.3 is 15.1 Å². The number of hydrogen-bond donors (Lipinski definition) is 2. The number of benzene rings is 3. The molecule has 0 spiro atoms. The van der Waals surface area contributed by atoms with Crippen LogP contribution in [0, 0.1) is 0 Å². The lowest BCUT2D eigenvalue weighted by atomic mass is 10.0. The van der Waals surface area contributed by atoms with Crippen molar-refractivity contribution in [2.45, 2.75) is 13.0 Å². The van der Waals surface area contributed by atoms with Crippen LogP contribution in [-0.4, -0.2) is 48.9 Å². The second-order valence-corrected chi connectivity index (χ2v) is 7.94. The third kappa shape index (κ3) is 4.84. The summed E-state index contributed by atoms with van der Waals surface area (Å²) in [4.78, 5) is 28.8. The summed E-state index contributed by atoms with van der Waals surface area (Å²) in [6.07, 6.45) is 0. The number of piperazine rings is 1. The average Bonchev–Trinajstić information content (AvgIpc) is 2.84. The average molecular weight is 415 g/mol. The number of para-hydroxylation sites is 1. The highest BCUT2D eigenvalue weighted by Gasteiger charge is 2.31. The van der Waals surface area contributed by atoms with E-state index >= 15 is 0 Å². The van der Waals surface area contributed by atoms with Crippen molar-refractivity contribution in [3.05, 3.63) is 90.5 Å². The summed E-state index contributed by atoms with van der Waals surface area (Å²) >= 11 is 0. The van der Waals surface area contributed by atoms with Gasteiger partial charge in [-0.2, -0.15) is 0 Å². The van der Waals surface area contributed by atoms with Gasteiger partial charge in [0.2, 0.25) is 0 Å². The molecular formula is C26H28N3O2+. The summed E-state index contributed by atoms with van der Waals surface area (Å²) in [5, 5.41) is 3.13. The number of nitrogens with one attached hydrogen (secondary N) is 2. The summed E-state index contributed by atoms with van der Waals surface area (Å²) in [5.74, 6) is 0.0646. The standard InChI is InChI=1S/C26H27N3O2/c1-20(28-16-18-29(19-17-28)26(31)22-12-6-3-7-13-22)25(30)27-24-15-9-8-14-23(24)21-10-4-2-5-11-21/h2-15,20H,16-19H2,1H3,(H,27,30)/p+1/t20-/m1/s1. The van der Waals surface area contributed by atoms with Crippen molar-refractivity contribution in [3.63, 3.8) is 0 Å². The Morgan fingerprint density at radius 3 is 2.10 bits per heavy atom. The maximum atomic E-state index is 13.0. The number of hydrogen-bond acceptors (Lipinski definition) is 2. The molecule has 0 saturated carbocycles. The van der Waals surface area contributed by atoms with Crippen molar-refractivity contribution < 1.29 is 14.5 Å². The number of quaternary nitrogens is 1. The Kier molecular flexibility index (Phi) is 6.43. The van der Waals surface area contributed by atoms with Crippen molar-refractivity contribution >= 4 is 17.5 Å². The molecule has 0 unspecified atom stereocenters. The van der Waals surface area contributed by atoms with Crippen molar-refractivity contribution in [2.24, 2.45) is 0 Å². The van der Waals surface area contributed by atoms with E-state index in [0.29, 0.717) is 18.7 Å². The summed E-state index contributed by atoms with van der Waals surface area (Å²) < 4.78 is 0. The molecule has 3 aromatic carbocycles. The molecule has 1 atom stereocenters. The zero-order valence-electron chi connectivity index (χ0n) is 17.8. The molecule has 2 amide bonds. The summed E-state index contributed by atoms with van der Waals surface area (Å²) in [6, 6.07) is 27.1. The number of carbonyl (C=O) groups excluding carboxylic acids is 2. The van der Waals surface area contributed by atoms with E-state index in [0.717, 1.165) is 29.9 Å². The molecule has 1 aliphatic heterocycles. The predicted octanol–water partition coefficient (Wildman–Crippen LogP) is 2.72. The number of rotatable bonds is 5. The third-order valence-electron chi connectivity index (χ3n) is 5.99. The van der Waals surface area contributed by atoms with Crippen LogP contribution in [-0.2, 0) is 4.79 Å². The molecule has 0 aromatic heterocycles. The molecule has 1 aliphatic rings. The number of anilines is 1. The zero-order chi connectivity index (χ0) is 21.6. The molecular weight excluding hydrogens is 386 g/mol. The van der Waals surface area contributed by atoms with Crippen LogP contribution in [0.15, 0.2) is 84.9 Å². The normalized spacial score (nSPS) is 15.3. The van der Waals surface area contributed by atoms with Crippen LogP contribution in [0.5, 0.6) is 0 Å². The fourth-order valence-corrected chi connectivity index (χ4v) is 4.08. The molecule has 1 fully saturated rings. The zero-order valence-corrected chi connectivity index (χ0v) is 17.8. The minimum absolute atomic E-state index is 0.00113. The highest BCUT2D eigenvalue weighted by molar-refractivity contribution is 5.97. The quantitative estimate of drug-likeness (QED) is 0.675. The van der Waals surface area contributed by atoms with Gasteiger partial charge in [-0.15, -0.1) is 0 Å². The first kappa shape index (κ1) is 20.8. The van der Waals surface area contributed by atoms with Crippen molar-refractivity contribution in [2.75, 3.05) is 31.5 Å². The Morgan fingerprint density at radius 1 is 0.839 bits per heavy atom. The van der Waals surface area contributed by atoms with E-state index in [1.54, 1.807) is 0 Å². The van der Waals surface area contributed by atoms with E-state index < -0.39 is 0 Å². The van der Waals surface area contributed by atoms with Crippen LogP contribution in [0.3, 0.4) is 0 Å². The van der Waals surface area contributed by atoms with E-state index in [1.807, 2.05) is 96.8 Å². The van der Waals surface area contributed by atoms with Gasteiger partial charge in [-0.1, -0.05) is 66.7 Å². The number of amides is 2. The van der Waals surface area contributed by atoms with Gasteiger partial charge in [0.05, 0.1) is 26.2 Å². The van der Waals surface area contributed by atoms with Gasteiger partial charge in [0.15, 0.2) is 6.04 Å². The SMILES string of the molecule is C[C@H](C(=O)Nc1ccccc1-c1ccccc1)[NH+]1CCN(C(=O)c2ccccc2)CC1. The smallest absolute Gasteiger partial charge is 0.282 e. The van der Waals surface area contributed by atoms with Crippen LogP contribution in [0.2, 0.25) is 0 Å². The highest BCUT2D eigenvalue weighted by atomic mass is 16.2. The van der Waals surface area contributed by atoms with Crippen LogP contribution < -0.4 is 10.2 Å². The van der Waals surface area contributed by atoms with Gasteiger partial charge >= 0.3 is 0 Å². The van der Waals surface area contributed by atoms with Crippen LogP contribution >= 0.6 is 0 Å². The van der Waals surface area contributed by atoms with Crippen molar-refractivity contribution in [3.8, 4) is 11.1 Å². The van der Waals surface area contributed by atoms with E-state index in [2.05, 4.69) is 5.32 Å². The molecule has 2 N–H and O–H groups in total. The molecule has 4 rings (SSSR count). The second kappa shape index (κ2) is 9.58. The van der Waals surface area contributed by atoms with Gasteiger partial charge in [0.1, 0.15) is 0 Å². The maximum Gasteiger partial charge on any atom is 0.282 e. The first-order valence-electron chi connectivity index (χ1n) is 10.8. The number of carbonyl (C=O) groups is 2. The number of nitrogens with zero attached hydrogens (tertiary/aromatic N) is 1. The van der Waals surface area contributed by atoms with E-state index in [-0.39, 0.29) is 17.9 Å². The lowest BCUT2D eigenvalue weighted by Gasteiger charge is -2.35. The Morgan fingerprint density at radius 2 is 1.42 bits per heavy atom. The summed E-state index contributed by atoms with van der Waals surface area (Å²) in [5.41, 5.74) is 3.63. The minimum Gasteiger partial charge on any atom is -0.327 e. The predicted molar refractivity (Wildman–Crippen MR) is 123 cm³/mol. The topological polar surface area (TPSA) is 53.9 Å². The summed E-state index contributed by atoms with van der Waals surface area (Å²) in [6.45, 7) is 4.79. The molecule has 1 saturated heterocycles. The Balaban J connectivity index is 1.38. The largest absolute Gasteiger partial charge is 0.327 e. The Bertz CT molecular complexity index is 1030. The molecule has 31 heavy (non-hydrogen) atoms. The third-order valence-corrected chi connectivity index (χ3v) is 5.99. The van der Waals surface area contributed by atoms with Crippen LogP contribution in [0.1, 0.15) is 17.3 Å². The lowest BCUT2D eigenvalue weighted by Crippen LogP contribution is -3.19. The molecule has 0 bridgehead atoms. The van der Waals surface area contributed by atoms with Gasteiger partial charge in [0.25, 0.3) is 11.8 Å². The maximum absolute atomic E-state index is 13.0. The highest BCUT2D eigenvalue weighted by Crippen LogP contribution is 2.27. The lowest BCUT2D eigenvalue weighted by molar-refractivity contribution is -0.917. The fourth-order valence-electron chi connectivity index (χ4n) is 4.08.